The van der Waals surface area contributed by atoms with Crippen LogP contribution in [0.25, 0.3) is 0 Å². The molecule has 0 saturated carbocycles. The minimum atomic E-state index is -1.15. The number of methoxy groups -OCH3 is 1. The van der Waals surface area contributed by atoms with Crippen molar-refractivity contribution in [3.8, 4) is 11.5 Å². The second-order valence-corrected chi connectivity index (χ2v) is 4.06. The molecule has 2 N–H and O–H groups in total. The third-order valence-electron chi connectivity index (χ3n) is 2.22. The first-order valence-electron chi connectivity index (χ1n) is 4.37. The smallest absolute Gasteiger partial charge is 0.310 e. The van der Waals surface area contributed by atoms with Crippen LogP contribution in [0.1, 0.15) is 18.4 Å². The van der Waals surface area contributed by atoms with Crippen molar-refractivity contribution in [1.82, 2.24) is 0 Å². The number of carboxylic acids is 1. The lowest BCUT2D eigenvalue weighted by molar-refractivity contribution is -0.138. The SMILES string of the molecule is COc1c(Br)cc(C(C)C(=O)O)c(O)c1F. The van der Waals surface area contributed by atoms with Crippen LogP contribution in [0, 0.1) is 5.82 Å². The number of rotatable bonds is 3. The summed E-state index contributed by atoms with van der Waals surface area (Å²) in [6.07, 6.45) is 0. The maximum atomic E-state index is 13.5. The Balaban J connectivity index is 3.39. The van der Waals surface area contributed by atoms with Crippen LogP contribution in [0.3, 0.4) is 0 Å². The number of hydrogen-bond donors (Lipinski definition) is 2. The van der Waals surface area contributed by atoms with Gasteiger partial charge >= 0.3 is 5.97 Å². The van der Waals surface area contributed by atoms with Gasteiger partial charge in [0, 0.05) is 5.56 Å². The maximum absolute atomic E-state index is 13.5. The Morgan fingerprint density at radius 3 is 2.62 bits per heavy atom. The van der Waals surface area contributed by atoms with Crippen molar-refractivity contribution in [3.63, 3.8) is 0 Å². The summed E-state index contributed by atoms with van der Waals surface area (Å²) in [5, 5.41) is 18.3. The lowest BCUT2D eigenvalue weighted by Gasteiger charge is -2.13. The number of carbonyl (C=O) groups is 1. The van der Waals surface area contributed by atoms with Crippen LogP contribution in [-0.4, -0.2) is 23.3 Å². The average molecular weight is 293 g/mol. The number of halogens is 2. The van der Waals surface area contributed by atoms with Gasteiger partial charge in [0.15, 0.2) is 11.5 Å². The van der Waals surface area contributed by atoms with Gasteiger partial charge < -0.3 is 14.9 Å². The van der Waals surface area contributed by atoms with Crippen LogP contribution in [0.15, 0.2) is 10.5 Å². The van der Waals surface area contributed by atoms with E-state index < -0.39 is 23.5 Å². The van der Waals surface area contributed by atoms with Gasteiger partial charge in [0.05, 0.1) is 17.5 Å². The van der Waals surface area contributed by atoms with Crippen molar-refractivity contribution < 1.29 is 24.1 Å². The summed E-state index contributed by atoms with van der Waals surface area (Å²) >= 11 is 3.04. The van der Waals surface area contributed by atoms with E-state index in [-0.39, 0.29) is 15.8 Å². The summed E-state index contributed by atoms with van der Waals surface area (Å²) < 4.78 is 18.5. The van der Waals surface area contributed by atoms with Crippen LogP contribution < -0.4 is 4.74 Å². The zero-order valence-electron chi connectivity index (χ0n) is 8.62. The van der Waals surface area contributed by atoms with E-state index in [1.54, 1.807) is 0 Å². The quantitative estimate of drug-likeness (QED) is 0.898. The fourth-order valence-electron chi connectivity index (χ4n) is 1.26. The molecule has 0 amide bonds. The normalized spacial score (nSPS) is 12.2. The van der Waals surface area contributed by atoms with Gasteiger partial charge in [-0.2, -0.15) is 4.39 Å². The largest absolute Gasteiger partial charge is 0.505 e. The number of hydrogen-bond acceptors (Lipinski definition) is 3. The van der Waals surface area contributed by atoms with Gasteiger partial charge in [0.1, 0.15) is 0 Å². The van der Waals surface area contributed by atoms with Crippen molar-refractivity contribution in [1.29, 1.82) is 0 Å². The summed E-state index contributed by atoms with van der Waals surface area (Å²) in [7, 11) is 1.25. The fraction of sp³-hybridized carbons (Fsp3) is 0.300. The average Bonchev–Trinajstić information content (AvgIpc) is 2.23. The Bertz CT molecular complexity index is 433. The van der Waals surface area contributed by atoms with E-state index in [4.69, 9.17) is 9.84 Å². The highest BCUT2D eigenvalue weighted by atomic mass is 79.9. The van der Waals surface area contributed by atoms with Crippen molar-refractivity contribution >= 4 is 21.9 Å². The van der Waals surface area contributed by atoms with Crippen LogP contribution in [0.2, 0.25) is 0 Å². The molecule has 1 aromatic rings. The van der Waals surface area contributed by atoms with Crippen molar-refractivity contribution in [3.05, 3.63) is 21.9 Å². The van der Waals surface area contributed by atoms with E-state index in [0.717, 1.165) is 0 Å². The molecule has 1 aromatic carbocycles. The van der Waals surface area contributed by atoms with E-state index in [0.29, 0.717) is 0 Å². The number of aliphatic carboxylic acids is 1. The molecule has 4 nitrogen and oxygen atoms in total. The van der Waals surface area contributed by atoms with Gasteiger partial charge in [0.25, 0.3) is 0 Å². The molecule has 0 aromatic heterocycles. The predicted octanol–water partition coefficient (Wildman–Crippen LogP) is 2.49. The second-order valence-electron chi connectivity index (χ2n) is 3.20. The van der Waals surface area contributed by atoms with Gasteiger partial charge in [-0.25, -0.2) is 0 Å². The monoisotopic (exact) mass is 292 g/mol. The fourth-order valence-corrected chi connectivity index (χ4v) is 1.84. The van der Waals surface area contributed by atoms with Gasteiger partial charge in [0.2, 0.25) is 5.82 Å². The molecule has 0 fully saturated rings. The van der Waals surface area contributed by atoms with Crippen LogP contribution in [0.5, 0.6) is 11.5 Å². The Labute approximate surface area is 99.8 Å². The zero-order chi connectivity index (χ0) is 12.5. The first kappa shape index (κ1) is 12.8. The van der Waals surface area contributed by atoms with Gasteiger partial charge in [-0.1, -0.05) is 0 Å². The molecule has 0 spiro atoms. The van der Waals surface area contributed by atoms with E-state index in [1.807, 2.05) is 0 Å². The lowest BCUT2D eigenvalue weighted by Crippen LogP contribution is -2.08. The first-order chi connectivity index (χ1) is 7.40. The highest BCUT2D eigenvalue weighted by Crippen LogP contribution is 2.39. The Morgan fingerprint density at radius 1 is 1.62 bits per heavy atom. The molecule has 6 heteroatoms. The Kier molecular flexibility index (Phi) is 3.74. The van der Waals surface area contributed by atoms with Gasteiger partial charge in [-0.05, 0) is 28.9 Å². The molecule has 0 radical (unpaired) electrons. The standard InChI is InChI=1S/C10H10BrFO4/c1-4(10(14)15)5-3-6(11)9(16-2)7(12)8(5)13/h3-4,13H,1-2H3,(H,14,15). The van der Waals surface area contributed by atoms with Gasteiger partial charge in [-0.15, -0.1) is 0 Å². The number of phenolic OH excluding ortho intramolecular Hbond substituents is 1. The maximum Gasteiger partial charge on any atom is 0.310 e. The molecule has 88 valence electrons. The zero-order valence-corrected chi connectivity index (χ0v) is 10.2. The van der Waals surface area contributed by atoms with Crippen LogP contribution >= 0.6 is 15.9 Å². The molecule has 1 atom stereocenters. The molecule has 0 aliphatic rings. The molecule has 0 aliphatic heterocycles. The molecular formula is C10H10BrFO4. The minimum absolute atomic E-state index is 0.00215. The van der Waals surface area contributed by atoms with Crippen LogP contribution in [0.4, 0.5) is 4.39 Å². The summed E-state index contributed by atoms with van der Waals surface area (Å²) in [5.41, 5.74) is -0.00215. The van der Waals surface area contributed by atoms with E-state index in [2.05, 4.69) is 15.9 Å². The molecule has 16 heavy (non-hydrogen) atoms. The Morgan fingerprint density at radius 2 is 2.19 bits per heavy atom. The number of aromatic hydroxyl groups is 1. The summed E-state index contributed by atoms with van der Waals surface area (Å²) in [6, 6.07) is 1.33. The summed E-state index contributed by atoms with van der Waals surface area (Å²) in [4.78, 5) is 10.7. The molecule has 0 heterocycles. The second kappa shape index (κ2) is 4.69. The topological polar surface area (TPSA) is 66.8 Å². The minimum Gasteiger partial charge on any atom is -0.505 e. The molecule has 0 aliphatic carbocycles. The van der Waals surface area contributed by atoms with E-state index in [9.17, 15) is 14.3 Å². The van der Waals surface area contributed by atoms with Crippen molar-refractivity contribution in [2.75, 3.05) is 7.11 Å². The van der Waals surface area contributed by atoms with Crippen molar-refractivity contribution in [2.24, 2.45) is 0 Å². The number of carboxylic acid groups (broad SMARTS) is 1. The van der Waals surface area contributed by atoms with E-state index in [1.165, 1.54) is 20.1 Å². The third-order valence-corrected chi connectivity index (χ3v) is 2.81. The van der Waals surface area contributed by atoms with Crippen molar-refractivity contribution in [2.45, 2.75) is 12.8 Å². The predicted molar refractivity (Wildman–Crippen MR) is 58.4 cm³/mol. The van der Waals surface area contributed by atoms with Gasteiger partial charge in [-0.3, -0.25) is 4.79 Å². The first-order valence-corrected chi connectivity index (χ1v) is 5.17. The lowest BCUT2D eigenvalue weighted by atomic mass is 10.00. The summed E-state index contributed by atoms with van der Waals surface area (Å²) in [6.45, 7) is 1.36. The number of benzene rings is 1. The number of ether oxygens (including phenoxy) is 1. The van der Waals surface area contributed by atoms with E-state index >= 15 is 0 Å². The van der Waals surface area contributed by atoms with Crippen LogP contribution in [-0.2, 0) is 4.79 Å². The molecule has 0 bridgehead atoms. The highest BCUT2D eigenvalue weighted by Gasteiger charge is 2.24. The number of phenols is 1. The molecule has 1 rings (SSSR count). The molecule has 1 unspecified atom stereocenters. The third kappa shape index (κ3) is 2.11. The Hall–Kier alpha value is -1.30. The highest BCUT2D eigenvalue weighted by molar-refractivity contribution is 9.10. The summed E-state index contributed by atoms with van der Waals surface area (Å²) in [5.74, 6) is -3.97. The molecular weight excluding hydrogens is 283 g/mol. The molecule has 0 saturated heterocycles.